The van der Waals surface area contributed by atoms with Crippen molar-refractivity contribution in [2.45, 2.75) is 26.4 Å². The fourth-order valence-electron chi connectivity index (χ4n) is 1.23. The molecule has 2 unspecified atom stereocenters. The first-order valence-corrected chi connectivity index (χ1v) is 4.14. The van der Waals surface area contributed by atoms with E-state index in [1.165, 1.54) is 0 Å². The standard InChI is InChI=1S/C10H16O/c1-8(2)4-5-10-6-9(3)7-11-10/h4-5,9-10H,1,6-7H2,2-3H3/b5-4-. The topological polar surface area (TPSA) is 9.23 Å². The van der Waals surface area contributed by atoms with Crippen molar-refractivity contribution in [2.24, 2.45) is 5.92 Å². The maximum Gasteiger partial charge on any atom is 0.0762 e. The lowest BCUT2D eigenvalue weighted by molar-refractivity contribution is 0.140. The lowest BCUT2D eigenvalue weighted by Gasteiger charge is -2.00. The van der Waals surface area contributed by atoms with Crippen LogP contribution in [0.15, 0.2) is 24.3 Å². The summed E-state index contributed by atoms with van der Waals surface area (Å²) in [6.07, 6.45) is 5.62. The zero-order chi connectivity index (χ0) is 8.27. The molecule has 0 bridgehead atoms. The van der Waals surface area contributed by atoms with E-state index in [4.69, 9.17) is 4.74 Å². The molecule has 1 nitrogen and oxygen atoms in total. The smallest absolute Gasteiger partial charge is 0.0762 e. The van der Waals surface area contributed by atoms with Crippen LogP contribution in [0.25, 0.3) is 0 Å². The molecule has 1 aliphatic heterocycles. The van der Waals surface area contributed by atoms with Crippen LogP contribution in [-0.4, -0.2) is 12.7 Å². The van der Waals surface area contributed by atoms with Crippen molar-refractivity contribution in [3.63, 3.8) is 0 Å². The molecule has 11 heavy (non-hydrogen) atoms. The van der Waals surface area contributed by atoms with Crippen molar-refractivity contribution in [1.82, 2.24) is 0 Å². The Labute approximate surface area is 68.8 Å². The van der Waals surface area contributed by atoms with Crippen molar-refractivity contribution < 1.29 is 4.74 Å². The van der Waals surface area contributed by atoms with E-state index in [0.29, 0.717) is 6.10 Å². The van der Waals surface area contributed by atoms with Gasteiger partial charge in [-0.2, -0.15) is 0 Å². The van der Waals surface area contributed by atoms with Crippen molar-refractivity contribution in [3.05, 3.63) is 24.3 Å². The van der Waals surface area contributed by atoms with Crippen LogP contribution in [0.5, 0.6) is 0 Å². The van der Waals surface area contributed by atoms with Crippen molar-refractivity contribution >= 4 is 0 Å². The third-order valence-electron chi connectivity index (χ3n) is 1.82. The molecule has 1 heteroatoms. The molecule has 1 rings (SSSR count). The molecule has 1 aliphatic rings. The molecule has 0 aromatic carbocycles. The van der Waals surface area contributed by atoms with Crippen LogP contribution in [0, 0.1) is 5.92 Å². The number of allylic oxidation sites excluding steroid dienone is 2. The van der Waals surface area contributed by atoms with Gasteiger partial charge in [0.15, 0.2) is 0 Å². The zero-order valence-corrected chi connectivity index (χ0v) is 7.34. The summed E-state index contributed by atoms with van der Waals surface area (Å²) >= 11 is 0. The van der Waals surface area contributed by atoms with E-state index in [1.807, 2.05) is 13.0 Å². The van der Waals surface area contributed by atoms with E-state index in [2.05, 4.69) is 19.6 Å². The Hall–Kier alpha value is -0.560. The number of rotatable bonds is 2. The van der Waals surface area contributed by atoms with Crippen LogP contribution in [0.2, 0.25) is 0 Å². The van der Waals surface area contributed by atoms with E-state index in [1.54, 1.807) is 0 Å². The van der Waals surface area contributed by atoms with Crippen LogP contribution >= 0.6 is 0 Å². The molecule has 0 aromatic rings. The van der Waals surface area contributed by atoms with Gasteiger partial charge < -0.3 is 4.74 Å². The van der Waals surface area contributed by atoms with Crippen LogP contribution in [0.3, 0.4) is 0 Å². The van der Waals surface area contributed by atoms with Crippen LogP contribution in [-0.2, 0) is 4.74 Å². The van der Waals surface area contributed by atoms with Gasteiger partial charge >= 0.3 is 0 Å². The average molecular weight is 152 g/mol. The fraction of sp³-hybridized carbons (Fsp3) is 0.600. The van der Waals surface area contributed by atoms with E-state index >= 15 is 0 Å². The van der Waals surface area contributed by atoms with Gasteiger partial charge in [0.1, 0.15) is 0 Å². The molecule has 1 saturated heterocycles. The Balaban J connectivity index is 2.33. The lowest BCUT2D eigenvalue weighted by Crippen LogP contribution is -1.98. The predicted octanol–water partition coefficient (Wildman–Crippen LogP) is 2.54. The zero-order valence-electron chi connectivity index (χ0n) is 7.34. The summed E-state index contributed by atoms with van der Waals surface area (Å²) in [7, 11) is 0. The Morgan fingerprint density at radius 1 is 1.64 bits per heavy atom. The van der Waals surface area contributed by atoms with E-state index < -0.39 is 0 Å². The summed E-state index contributed by atoms with van der Waals surface area (Å²) in [5.74, 6) is 0.717. The second-order valence-electron chi connectivity index (χ2n) is 3.42. The van der Waals surface area contributed by atoms with E-state index in [9.17, 15) is 0 Å². The van der Waals surface area contributed by atoms with Gasteiger partial charge in [0.25, 0.3) is 0 Å². The van der Waals surface area contributed by atoms with Crippen molar-refractivity contribution in [3.8, 4) is 0 Å². The predicted molar refractivity (Wildman–Crippen MR) is 47.5 cm³/mol. The van der Waals surface area contributed by atoms with E-state index in [-0.39, 0.29) is 0 Å². The normalized spacial score (nSPS) is 31.5. The molecular formula is C10H16O. The summed E-state index contributed by atoms with van der Waals surface area (Å²) in [5.41, 5.74) is 1.09. The van der Waals surface area contributed by atoms with Crippen molar-refractivity contribution in [1.29, 1.82) is 0 Å². The van der Waals surface area contributed by atoms with Crippen molar-refractivity contribution in [2.75, 3.05) is 6.61 Å². The van der Waals surface area contributed by atoms with Gasteiger partial charge in [0, 0.05) is 0 Å². The minimum atomic E-state index is 0.335. The minimum absolute atomic E-state index is 0.335. The lowest BCUT2D eigenvalue weighted by atomic mass is 10.1. The highest BCUT2D eigenvalue weighted by Gasteiger charge is 2.18. The maximum atomic E-state index is 5.49. The highest BCUT2D eigenvalue weighted by atomic mass is 16.5. The summed E-state index contributed by atoms with van der Waals surface area (Å²) in [6, 6.07) is 0. The molecular weight excluding hydrogens is 136 g/mol. The van der Waals surface area contributed by atoms with Gasteiger partial charge in [-0.1, -0.05) is 31.2 Å². The molecule has 0 amide bonds. The van der Waals surface area contributed by atoms with Gasteiger partial charge in [0.2, 0.25) is 0 Å². The number of hydrogen-bond donors (Lipinski definition) is 0. The van der Waals surface area contributed by atoms with Crippen LogP contribution < -0.4 is 0 Å². The molecule has 0 N–H and O–H groups in total. The Kier molecular flexibility index (Phi) is 2.89. The van der Waals surface area contributed by atoms with Gasteiger partial charge in [-0.15, -0.1) is 0 Å². The first-order valence-electron chi connectivity index (χ1n) is 4.14. The van der Waals surface area contributed by atoms with Gasteiger partial charge in [-0.25, -0.2) is 0 Å². The number of ether oxygens (including phenoxy) is 1. The van der Waals surface area contributed by atoms with E-state index in [0.717, 1.165) is 24.5 Å². The van der Waals surface area contributed by atoms with Crippen LogP contribution in [0.4, 0.5) is 0 Å². The van der Waals surface area contributed by atoms with Gasteiger partial charge in [0.05, 0.1) is 12.7 Å². The largest absolute Gasteiger partial charge is 0.374 e. The molecule has 62 valence electrons. The monoisotopic (exact) mass is 152 g/mol. The second kappa shape index (κ2) is 3.72. The minimum Gasteiger partial charge on any atom is -0.374 e. The molecule has 0 aromatic heterocycles. The molecule has 0 saturated carbocycles. The van der Waals surface area contributed by atoms with Gasteiger partial charge in [-0.05, 0) is 19.3 Å². The third kappa shape index (κ3) is 2.89. The Morgan fingerprint density at radius 2 is 2.36 bits per heavy atom. The maximum absolute atomic E-state index is 5.49. The summed E-state index contributed by atoms with van der Waals surface area (Å²) < 4.78 is 5.49. The third-order valence-corrected chi connectivity index (χ3v) is 1.82. The quantitative estimate of drug-likeness (QED) is 0.552. The molecule has 0 aliphatic carbocycles. The summed E-state index contributed by atoms with van der Waals surface area (Å²) in [6.45, 7) is 8.91. The highest BCUT2D eigenvalue weighted by Crippen LogP contribution is 2.19. The molecule has 0 radical (unpaired) electrons. The molecule has 2 atom stereocenters. The second-order valence-corrected chi connectivity index (χ2v) is 3.42. The molecule has 0 spiro atoms. The summed E-state index contributed by atoms with van der Waals surface area (Å²) in [5, 5.41) is 0. The highest BCUT2D eigenvalue weighted by molar-refractivity contribution is 5.13. The average Bonchev–Trinajstić information content (AvgIpc) is 2.31. The SMILES string of the molecule is C=C(C)/C=C\C1CC(C)CO1. The molecule has 1 heterocycles. The Bertz CT molecular complexity index is 170. The number of hydrogen-bond acceptors (Lipinski definition) is 1. The van der Waals surface area contributed by atoms with Gasteiger partial charge in [-0.3, -0.25) is 0 Å². The van der Waals surface area contributed by atoms with Crippen LogP contribution in [0.1, 0.15) is 20.3 Å². The molecule has 1 fully saturated rings. The fourth-order valence-corrected chi connectivity index (χ4v) is 1.23. The summed E-state index contributed by atoms with van der Waals surface area (Å²) in [4.78, 5) is 0. The Morgan fingerprint density at radius 3 is 2.82 bits per heavy atom. The first kappa shape index (κ1) is 8.54. The first-order chi connectivity index (χ1) is 5.18.